The van der Waals surface area contributed by atoms with Crippen molar-refractivity contribution < 1.29 is 14.3 Å². The summed E-state index contributed by atoms with van der Waals surface area (Å²) in [5.41, 5.74) is 3.02. The standard InChI is InChI=1S/C22H15Cl2NO3/c23-16-7-9-18(24)19(12-16)25-21(26)14-6-8-17-15(10-14)11-20(28-22(17)27)13-4-2-1-3-5-13/h1-10,12,20H,11H2,(H,25,26). The topological polar surface area (TPSA) is 55.4 Å². The zero-order chi connectivity index (χ0) is 19.7. The number of anilines is 1. The summed E-state index contributed by atoms with van der Waals surface area (Å²) in [4.78, 5) is 25.0. The van der Waals surface area contributed by atoms with Gasteiger partial charge in [-0.2, -0.15) is 0 Å². The summed E-state index contributed by atoms with van der Waals surface area (Å²) in [6, 6.07) is 19.3. The Balaban J connectivity index is 1.60. The lowest BCUT2D eigenvalue weighted by atomic mass is 9.93. The third-order valence-electron chi connectivity index (χ3n) is 4.59. The van der Waals surface area contributed by atoms with Crippen molar-refractivity contribution in [3.63, 3.8) is 0 Å². The normalized spacial score (nSPS) is 15.5. The highest BCUT2D eigenvalue weighted by molar-refractivity contribution is 6.35. The van der Waals surface area contributed by atoms with E-state index < -0.39 is 0 Å². The van der Waals surface area contributed by atoms with Gasteiger partial charge in [0, 0.05) is 17.0 Å². The Morgan fingerprint density at radius 1 is 1.00 bits per heavy atom. The minimum atomic E-state index is -0.389. The predicted octanol–water partition coefficient (Wildman–Crippen LogP) is 5.70. The highest BCUT2D eigenvalue weighted by atomic mass is 35.5. The fraction of sp³-hybridized carbons (Fsp3) is 0.0909. The van der Waals surface area contributed by atoms with Crippen LogP contribution in [0.3, 0.4) is 0 Å². The molecule has 4 rings (SSSR count). The van der Waals surface area contributed by atoms with Gasteiger partial charge >= 0.3 is 5.97 Å². The molecular formula is C22H15Cl2NO3. The van der Waals surface area contributed by atoms with Crippen molar-refractivity contribution in [1.82, 2.24) is 0 Å². The maximum Gasteiger partial charge on any atom is 0.339 e. The van der Waals surface area contributed by atoms with Crippen molar-refractivity contribution in [2.75, 3.05) is 5.32 Å². The minimum Gasteiger partial charge on any atom is -0.454 e. The van der Waals surface area contributed by atoms with E-state index in [1.807, 2.05) is 30.3 Å². The molecule has 1 aliphatic rings. The number of benzene rings is 3. The Labute approximate surface area is 172 Å². The number of esters is 1. The minimum absolute atomic E-state index is 0.331. The summed E-state index contributed by atoms with van der Waals surface area (Å²) in [6.45, 7) is 0. The molecule has 6 heteroatoms. The van der Waals surface area contributed by atoms with Gasteiger partial charge in [-0.3, -0.25) is 4.79 Å². The average molecular weight is 412 g/mol. The molecule has 3 aromatic carbocycles. The first-order valence-corrected chi connectivity index (χ1v) is 9.42. The molecule has 1 unspecified atom stereocenters. The van der Waals surface area contributed by atoms with Crippen LogP contribution in [0.4, 0.5) is 5.69 Å². The van der Waals surface area contributed by atoms with Crippen LogP contribution in [0.15, 0.2) is 66.7 Å². The van der Waals surface area contributed by atoms with Crippen LogP contribution in [0.5, 0.6) is 0 Å². The summed E-state index contributed by atoms with van der Waals surface area (Å²) in [7, 11) is 0. The number of halogens is 2. The van der Waals surface area contributed by atoms with Crippen LogP contribution in [-0.4, -0.2) is 11.9 Å². The predicted molar refractivity (Wildman–Crippen MR) is 109 cm³/mol. The van der Waals surface area contributed by atoms with Crippen molar-refractivity contribution in [3.8, 4) is 0 Å². The molecule has 1 N–H and O–H groups in total. The van der Waals surface area contributed by atoms with E-state index in [1.165, 1.54) is 0 Å². The van der Waals surface area contributed by atoms with Gasteiger partial charge < -0.3 is 10.1 Å². The molecule has 1 amide bonds. The smallest absolute Gasteiger partial charge is 0.339 e. The van der Waals surface area contributed by atoms with Gasteiger partial charge in [0.05, 0.1) is 16.3 Å². The largest absolute Gasteiger partial charge is 0.454 e. The Hall–Kier alpha value is -2.82. The van der Waals surface area contributed by atoms with Crippen molar-refractivity contribution in [3.05, 3.63) is 99.0 Å². The molecule has 140 valence electrons. The summed E-state index contributed by atoms with van der Waals surface area (Å²) >= 11 is 12.1. The molecule has 0 fully saturated rings. The number of carbonyl (C=O) groups excluding carboxylic acids is 2. The fourth-order valence-corrected chi connectivity index (χ4v) is 3.52. The van der Waals surface area contributed by atoms with Crippen LogP contribution < -0.4 is 5.32 Å². The first-order chi connectivity index (χ1) is 13.5. The number of amides is 1. The van der Waals surface area contributed by atoms with Gasteiger partial charge in [0.25, 0.3) is 5.91 Å². The molecule has 1 heterocycles. The Bertz CT molecular complexity index is 1070. The van der Waals surface area contributed by atoms with E-state index >= 15 is 0 Å². The molecule has 4 nitrogen and oxygen atoms in total. The Morgan fingerprint density at radius 2 is 1.79 bits per heavy atom. The summed E-state index contributed by atoms with van der Waals surface area (Å²) in [5, 5.41) is 3.62. The molecule has 1 atom stereocenters. The lowest BCUT2D eigenvalue weighted by Crippen LogP contribution is -2.23. The maximum absolute atomic E-state index is 12.7. The van der Waals surface area contributed by atoms with E-state index in [4.69, 9.17) is 27.9 Å². The van der Waals surface area contributed by atoms with Crippen LogP contribution in [0, 0.1) is 0 Å². The monoisotopic (exact) mass is 411 g/mol. The molecule has 3 aromatic rings. The number of hydrogen-bond acceptors (Lipinski definition) is 3. The van der Waals surface area contributed by atoms with Gasteiger partial charge in [0.15, 0.2) is 0 Å². The van der Waals surface area contributed by atoms with Crippen LogP contribution in [0.2, 0.25) is 10.0 Å². The van der Waals surface area contributed by atoms with E-state index in [9.17, 15) is 9.59 Å². The third kappa shape index (κ3) is 3.75. The van der Waals surface area contributed by atoms with E-state index in [-0.39, 0.29) is 18.0 Å². The SMILES string of the molecule is O=C(Nc1cc(Cl)ccc1Cl)c1ccc2c(c1)CC(c1ccccc1)OC2=O. The fourth-order valence-electron chi connectivity index (χ4n) is 3.18. The van der Waals surface area contributed by atoms with Crippen molar-refractivity contribution in [2.45, 2.75) is 12.5 Å². The van der Waals surface area contributed by atoms with Gasteiger partial charge in [-0.1, -0.05) is 53.5 Å². The van der Waals surface area contributed by atoms with Crippen molar-refractivity contribution in [1.29, 1.82) is 0 Å². The van der Waals surface area contributed by atoms with E-state index in [0.29, 0.717) is 33.3 Å². The van der Waals surface area contributed by atoms with Crippen molar-refractivity contribution >= 4 is 40.8 Å². The summed E-state index contributed by atoms with van der Waals surface area (Å²) in [5.74, 6) is -0.720. The molecule has 0 aromatic heterocycles. The molecule has 0 saturated heterocycles. The number of hydrogen-bond donors (Lipinski definition) is 1. The molecule has 0 radical (unpaired) electrons. The number of cyclic esters (lactones) is 1. The molecular weight excluding hydrogens is 397 g/mol. The molecule has 0 saturated carbocycles. The van der Waals surface area contributed by atoms with E-state index in [0.717, 1.165) is 11.1 Å². The Kier molecular flexibility index (Phi) is 5.07. The third-order valence-corrected chi connectivity index (χ3v) is 5.15. The highest BCUT2D eigenvalue weighted by Crippen LogP contribution is 2.31. The summed E-state index contributed by atoms with van der Waals surface area (Å²) < 4.78 is 5.55. The second-order valence-corrected chi connectivity index (χ2v) is 7.30. The van der Waals surface area contributed by atoms with Gasteiger partial charge in [-0.05, 0) is 47.5 Å². The van der Waals surface area contributed by atoms with Crippen LogP contribution in [0.25, 0.3) is 0 Å². The van der Waals surface area contributed by atoms with Crippen molar-refractivity contribution in [2.24, 2.45) is 0 Å². The lowest BCUT2D eigenvalue weighted by molar-refractivity contribution is 0.0252. The van der Waals surface area contributed by atoms with Gasteiger partial charge in [0.2, 0.25) is 0 Å². The molecule has 0 aliphatic carbocycles. The molecule has 1 aliphatic heterocycles. The van der Waals surface area contributed by atoms with Gasteiger partial charge in [-0.25, -0.2) is 4.79 Å². The molecule has 0 bridgehead atoms. The van der Waals surface area contributed by atoms with Crippen LogP contribution >= 0.6 is 23.2 Å². The quantitative estimate of drug-likeness (QED) is 0.562. The van der Waals surface area contributed by atoms with Gasteiger partial charge in [-0.15, -0.1) is 0 Å². The number of nitrogens with one attached hydrogen (secondary N) is 1. The second kappa shape index (κ2) is 7.66. The van der Waals surface area contributed by atoms with E-state index in [2.05, 4.69) is 5.32 Å². The summed E-state index contributed by atoms with van der Waals surface area (Å²) in [6.07, 6.45) is 0.131. The number of rotatable bonds is 3. The molecule has 0 spiro atoms. The zero-order valence-electron chi connectivity index (χ0n) is 14.6. The lowest BCUT2D eigenvalue weighted by Gasteiger charge is -2.25. The van der Waals surface area contributed by atoms with Crippen LogP contribution in [0.1, 0.15) is 37.9 Å². The Morgan fingerprint density at radius 3 is 2.57 bits per heavy atom. The van der Waals surface area contributed by atoms with E-state index in [1.54, 1.807) is 36.4 Å². The second-order valence-electron chi connectivity index (χ2n) is 6.46. The number of ether oxygens (including phenoxy) is 1. The first kappa shape index (κ1) is 18.5. The maximum atomic E-state index is 12.7. The molecule has 28 heavy (non-hydrogen) atoms. The average Bonchev–Trinajstić information content (AvgIpc) is 2.71. The van der Waals surface area contributed by atoms with Crippen LogP contribution in [-0.2, 0) is 11.2 Å². The number of fused-ring (bicyclic) bond motifs is 1. The number of carbonyl (C=O) groups is 2. The first-order valence-electron chi connectivity index (χ1n) is 8.66. The van der Waals surface area contributed by atoms with Gasteiger partial charge in [0.1, 0.15) is 6.10 Å². The highest BCUT2D eigenvalue weighted by Gasteiger charge is 2.28. The zero-order valence-corrected chi connectivity index (χ0v) is 16.1.